The average molecular weight is 392 g/mol. The molecule has 0 bridgehead atoms. The van der Waals surface area contributed by atoms with Gasteiger partial charge in [-0.3, -0.25) is 9.59 Å². The third-order valence-electron chi connectivity index (χ3n) is 3.62. The number of hydrogen-bond acceptors (Lipinski definition) is 5. The minimum Gasteiger partial charge on any atom is -0.325 e. The molecule has 2 N–H and O–H groups in total. The molecule has 0 aliphatic rings. The van der Waals surface area contributed by atoms with Gasteiger partial charge in [0.2, 0.25) is 5.91 Å². The number of anilines is 1. The number of benzene rings is 1. The van der Waals surface area contributed by atoms with E-state index in [2.05, 4.69) is 36.1 Å². The third-order valence-corrected chi connectivity index (χ3v) is 5.74. The molecule has 140 valence electrons. The Bertz CT molecular complexity index is 788. The minimum atomic E-state index is -0.378. The number of thioether (sulfide) groups is 2. The van der Waals surface area contributed by atoms with Crippen molar-refractivity contribution in [2.24, 2.45) is 0 Å². The summed E-state index contributed by atoms with van der Waals surface area (Å²) in [6, 6.07) is 9.32. The van der Waals surface area contributed by atoms with Gasteiger partial charge in [-0.25, -0.2) is 4.98 Å². The zero-order chi connectivity index (χ0) is 19.1. The molecule has 1 aromatic carbocycles. The summed E-state index contributed by atoms with van der Waals surface area (Å²) in [7, 11) is 0. The van der Waals surface area contributed by atoms with Gasteiger partial charge < -0.3 is 10.3 Å². The summed E-state index contributed by atoms with van der Waals surface area (Å²) in [5.41, 5.74) is 2.54. The molecule has 0 aliphatic carbocycles. The molecule has 1 unspecified atom stereocenters. The molecule has 2 rings (SSSR count). The molecule has 7 heteroatoms. The van der Waals surface area contributed by atoms with Gasteiger partial charge in [-0.05, 0) is 36.3 Å². The summed E-state index contributed by atoms with van der Waals surface area (Å²) in [6.45, 7) is 8.10. The number of nitrogens with zero attached hydrogens (tertiary/aromatic N) is 1. The Kier molecular flexibility index (Phi) is 7.78. The fourth-order valence-electron chi connectivity index (χ4n) is 2.15. The summed E-state index contributed by atoms with van der Waals surface area (Å²) in [5, 5.41) is 3.46. The number of rotatable bonds is 8. The second-order valence-corrected chi connectivity index (χ2v) is 9.10. The normalized spacial score (nSPS) is 12.2. The molecule has 2 aromatic rings. The van der Waals surface area contributed by atoms with Crippen LogP contribution in [-0.2, 0) is 17.0 Å². The molecule has 0 fully saturated rings. The maximum absolute atomic E-state index is 12.4. The van der Waals surface area contributed by atoms with Crippen molar-refractivity contribution >= 4 is 35.1 Å². The number of carbonyl (C=O) groups excluding carboxylic acids is 1. The van der Waals surface area contributed by atoms with E-state index < -0.39 is 0 Å². The standard InChI is InChI=1S/C19H25N3O2S2/c1-5-14-6-8-15(9-7-14)20-18(24)13(4)26-19-21-16(10-17(23)22-19)11-25-12(2)3/h6-10,12-13H,5,11H2,1-4H3,(H,20,24)(H,21,22,23). The third kappa shape index (κ3) is 6.53. The minimum absolute atomic E-state index is 0.121. The molecule has 1 aromatic heterocycles. The molecular weight excluding hydrogens is 366 g/mol. The molecule has 26 heavy (non-hydrogen) atoms. The smallest absolute Gasteiger partial charge is 0.251 e. The number of amides is 1. The summed E-state index contributed by atoms with van der Waals surface area (Å²) in [4.78, 5) is 31.4. The van der Waals surface area contributed by atoms with Crippen molar-refractivity contribution < 1.29 is 4.79 Å². The zero-order valence-electron chi connectivity index (χ0n) is 15.5. The maximum atomic E-state index is 12.4. The lowest BCUT2D eigenvalue weighted by molar-refractivity contribution is -0.115. The van der Waals surface area contributed by atoms with E-state index in [9.17, 15) is 9.59 Å². The van der Waals surface area contributed by atoms with Crippen LogP contribution in [0.15, 0.2) is 40.3 Å². The SMILES string of the molecule is CCc1ccc(NC(=O)C(C)Sc2nc(CSC(C)C)cc(=O)[nH]2)cc1. The quantitative estimate of drug-likeness (QED) is 0.524. The van der Waals surface area contributed by atoms with Crippen LogP contribution < -0.4 is 10.9 Å². The van der Waals surface area contributed by atoms with E-state index in [1.165, 1.54) is 23.4 Å². The largest absolute Gasteiger partial charge is 0.325 e. The lowest BCUT2D eigenvalue weighted by Gasteiger charge is -2.12. The average Bonchev–Trinajstić information content (AvgIpc) is 2.60. The van der Waals surface area contributed by atoms with Crippen LogP contribution in [-0.4, -0.2) is 26.4 Å². The van der Waals surface area contributed by atoms with Crippen LogP contribution in [0, 0.1) is 0 Å². The van der Waals surface area contributed by atoms with E-state index in [0.717, 1.165) is 17.8 Å². The van der Waals surface area contributed by atoms with E-state index in [4.69, 9.17) is 0 Å². The van der Waals surface area contributed by atoms with Gasteiger partial charge in [-0.15, -0.1) is 0 Å². The number of aromatic amines is 1. The van der Waals surface area contributed by atoms with Gasteiger partial charge in [0.15, 0.2) is 5.16 Å². The van der Waals surface area contributed by atoms with Gasteiger partial charge in [0.05, 0.1) is 10.9 Å². The summed E-state index contributed by atoms with van der Waals surface area (Å²) in [6.07, 6.45) is 0.963. The first-order valence-electron chi connectivity index (χ1n) is 8.65. The number of H-pyrrole nitrogens is 1. The number of nitrogens with one attached hydrogen (secondary N) is 2. The molecule has 1 heterocycles. The summed E-state index contributed by atoms with van der Waals surface area (Å²) in [5.74, 6) is 0.559. The molecule has 1 atom stereocenters. The van der Waals surface area contributed by atoms with Crippen LogP contribution in [0.2, 0.25) is 0 Å². The lowest BCUT2D eigenvalue weighted by atomic mass is 10.1. The van der Waals surface area contributed by atoms with Gasteiger partial charge >= 0.3 is 0 Å². The Balaban J connectivity index is 2.00. The number of aromatic nitrogens is 2. The maximum Gasteiger partial charge on any atom is 0.251 e. The fraction of sp³-hybridized carbons (Fsp3) is 0.421. The first-order chi connectivity index (χ1) is 12.4. The van der Waals surface area contributed by atoms with Crippen LogP contribution in [0.4, 0.5) is 5.69 Å². The van der Waals surface area contributed by atoms with Gasteiger partial charge in [-0.1, -0.05) is 44.7 Å². The van der Waals surface area contributed by atoms with Crippen molar-refractivity contribution in [2.75, 3.05) is 5.32 Å². The highest BCUT2D eigenvalue weighted by Crippen LogP contribution is 2.22. The molecule has 0 spiro atoms. The summed E-state index contributed by atoms with van der Waals surface area (Å²) >= 11 is 2.98. The fourth-order valence-corrected chi connectivity index (χ4v) is 3.64. The van der Waals surface area contributed by atoms with Crippen molar-refractivity contribution in [1.82, 2.24) is 9.97 Å². The molecule has 1 amide bonds. The van der Waals surface area contributed by atoms with Crippen LogP contribution >= 0.6 is 23.5 Å². The molecule has 5 nitrogen and oxygen atoms in total. The lowest BCUT2D eigenvalue weighted by Crippen LogP contribution is -2.23. The van der Waals surface area contributed by atoms with Crippen molar-refractivity contribution in [3.8, 4) is 0 Å². The Morgan fingerprint density at radius 1 is 1.23 bits per heavy atom. The molecule has 0 saturated carbocycles. The molecular formula is C19H25N3O2S2. The Morgan fingerprint density at radius 2 is 1.92 bits per heavy atom. The van der Waals surface area contributed by atoms with Crippen molar-refractivity contribution in [3.63, 3.8) is 0 Å². The predicted molar refractivity (Wildman–Crippen MR) is 111 cm³/mol. The van der Waals surface area contributed by atoms with Gasteiger partial charge in [0, 0.05) is 17.5 Å². The van der Waals surface area contributed by atoms with Crippen LogP contribution in [0.3, 0.4) is 0 Å². The topological polar surface area (TPSA) is 74.8 Å². The van der Waals surface area contributed by atoms with E-state index in [0.29, 0.717) is 16.2 Å². The van der Waals surface area contributed by atoms with E-state index in [1.807, 2.05) is 24.3 Å². The monoisotopic (exact) mass is 391 g/mol. The highest BCUT2D eigenvalue weighted by atomic mass is 32.2. The second-order valence-electron chi connectivity index (χ2n) is 6.20. The van der Waals surface area contributed by atoms with Crippen molar-refractivity contribution in [2.45, 2.75) is 55.5 Å². The van der Waals surface area contributed by atoms with Crippen molar-refractivity contribution in [3.05, 3.63) is 51.9 Å². The molecule has 0 radical (unpaired) electrons. The van der Waals surface area contributed by atoms with E-state index in [1.54, 1.807) is 18.7 Å². The molecule has 0 aliphatic heterocycles. The first-order valence-corrected chi connectivity index (χ1v) is 10.6. The second kappa shape index (κ2) is 9.83. The Morgan fingerprint density at radius 3 is 2.54 bits per heavy atom. The number of carbonyl (C=O) groups is 1. The van der Waals surface area contributed by atoms with Gasteiger partial charge in [0.25, 0.3) is 5.56 Å². The van der Waals surface area contributed by atoms with Gasteiger partial charge in [0.1, 0.15) is 0 Å². The number of aryl methyl sites for hydroxylation is 1. The first kappa shape index (κ1) is 20.6. The summed E-state index contributed by atoms with van der Waals surface area (Å²) < 4.78 is 0. The Hall–Kier alpha value is -1.73. The van der Waals surface area contributed by atoms with E-state index in [-0.39, 0.29) is 16.7 Å². The predicted octanol–water partition coefficient (Wildman–Crippen LogP) is 4.09. The van der Waals surface area contributed by atoms with Crippen LogP contribution in [0.5, 0.6) is 0 Å². The highest BCUT2D eigenvalue weighted by Gasteiger charge is 2.16. The molecule has 0 saturated heterocycles. The van der Waals surface area contributed by atoms with Crippen LogP contribution in [0.1, 0.15) is 39.0 Å². The Labute approximate surface area is 162 Å². The van der Waals surface area contributed by atoms with Crippen LogP contribution in [0.25, 0.3) is 0 Å². The van der Waals surface area contributed by atoms with Gasteiger partial charge in [-0.2, -0.15) is 11.8 Å². The highest BCUT2D eigenvalue weighted by molar-refractivity contribution is 8.00. The van der Waals surface area contributed by atoms with E-state index >= 15 is 0 Å². The number of hydrogen-bond donors (Lipinski definition) is 2. The van der Waals surface area contributed by atoms with Crippen molar-refractivity contribution in [1.29, 1.82) is 0 Å². The zero-order valence-corrected chi connectivity index (χ0v) is 17.2.